The van der Waals surface area contributed by atoms with Crippen molar-refractivity contribution in [1.29, 1.82) is 0 Å². The molecule has 106 valence electrons. The highest BCUT2D eigenvalue weighted by molar-refractivity contribution is 5.19. The fourth-order valence-corrected chi connectivity index (χ4v) is 2.85. The second-order valence-electron chi connectivity index (χ2n) is 5.33. The van der Waals surface area contributed by atoms with E-state index < -0.39 is 11.6 Å². The Morgan fingerprint density at radius 1 is 1.16 bits per heavy atom. The molecule has 0 spiro atoms. The van der Waals surface area contributed by atoms with Crippen LogP contribution < -0.4 is 5.73 Å². The molecule has 1 aromatic rings. The van der Waals surface area contributed by atoms with Gasteiger partial charge in [-0.15, -0.1) is 0 Å². The van der Waals surface area contributed by atoms with Crippen molar-refractivity contribution in [3.63, 3.8) is 0 Å². The van der Waals surface area contributed by atoms with E-state index in [-0.39, 0.29) is 5.56 Å². The minimum Gasteiger partial charge on any atom is -0.328 e. The zero-order valence-corrected chi connectivity index (χ0v) is 11.4. The Labute approximate surface area is 113 Å². The van der Waals surface area contributed by atoms with Gasteiger partial charge in [-0.2, -0.15) is 0 Å². The number of nitrogens with zero attached hydrogens (tertiary/aromatic N) is 1. The van der Waals surface area contributed by atoms with Gasteiger partial charge in [0, 0.05) is 24.2 Å². The van der Waals surface area contributed by atoms with Gasteiger partial charge >= 0.3 is 0 Å². The predicted molar refractivity (Wildman–Crippen MR) is 72.7 cm³/mol. The summed E-state index contributed by atoms with van der Waals surface area (Å²) >= 11 is 0. The molecule has 0 amide bonds. The molecular formula is C15H22F2N2. The van der Waals surface area contributed by atoms with E-state index >= 15 is 0 Å². The van der Waals surface area contributed by atoms with Gasteiger partial charge in [0.2, 0.25) is 0 Å². The molecule has 0 aliphatic heterocycles. The Kier molecular flexibility index (Phi) is 4.88. The van der Waals surface area contributed by atoms with Gasteiger partial charge in [0.05, 0.1) is 0 Å². The van der Waals surface area contributed by atoms with E-state index in [1.165, 1.54) is 18.2 Å². The summed E-state index contributed by atoms with van der Waals surface area (Å²) in [6.07, 6.45) is 4.04. The molecule has 2 rings (SSSR count). The van der Waals surface area contributed by atoms with E-state index in [0.29, 0.717) is 18.6 Å². The van der Waals surface area contributed by atoms with Crippen molar-refractivity contribution in [2.45, 2.75) is 51.2 Å². The van der Waals surface area contributed by atoms with Gasteiger partial charge in [0.15, 0.2) is 0 Å². The SMILES string of the molecule is CCN(Cc1c(F)cccc1F)C1CCC(N)CC1. The fraction of sp³-hybridized carbons (Fsp3) is 0.600. The summed E-state index contributed by atoms with van der Waals surface area (Å²) in [6, 6.07) is 4.74. The summed E-state index contributed by atoms with van der Waals surface area (Å²) in [6.45, 7) is 3.18. The maximum atomic E-state index is 13.7. The van der Waals surface area contributed by atoms with Crippen LogP contribution in [0.5, 0.6) is 0 Å². The third kappa shape index (κ3) is 3.51. The molecule has 19 heavy (non-hydrogen) atoms. The number of halogens is 2. The van der Waals surface area contributed by atoms with E-state index in [4.69, 9.17) is 5.73 Å². The average molecular weight is 268 g/mol. The Morgan fingerprint density at radius 2 is 1.74 bits per heavy atom. The molecule has 1 aromatic carbocycles. The summed E-state index contributed by atoms with van der Waals surface area (Å²) in [5.74, 6) is -0.906. The lowest BCUT2D eigenvalue weighted by Gasteiger charge is -2.35. The maximum absolute atomic E-state index is 13.7. The molecule has 0 unspecified atom stereocenters. The number of hydrogen-bond donors (Lipinski definition) is 1. The van der Waals surface area contributed by atoms with Gasteiger partial charge in [0.25, 0.3) is 0 Å². The summed E-state index contributed by atoms with van der Waals surface area (Å²) in [4.78, 5) is 2.16. The molecule has 0 heterocycles. The van der Waals surface area contributed by atoms with E-state index in [9.17, 15) is 8.78 Å². The smallest absolute Gasteiger partial charge is 0.130 e. The first-order valence-corrected chi connectivity index (χ1v) is 7.04. The minimum absolute atomic E-state index is 0.180. The van der Waals surface area contributed by atoms with Crippen molar-refractivity contribution in [3.05, 3.63) is 35.4 Å². The van der Waals surface area contributed by atoms with E-state index in [1.54, 1.807) is 0 Å². The summed E-state index contributed by atoms with van der Waals surface area (Å²) in [7, 11) is 0. The minimum atomic E-state index is -0.453. The first kappa shape index (κ1) is 14.4. The highest BCUT2D eigenvalue weighted by Crippen LogP contribution is 2.24. The van der Waals surface area contributed by atoms with Crippen LogP contribution in [0.4, 0.5) is 8.78 Å². The lowest BCUT2D eigenvalue weighted by molar-refractivity contribution is 0.146. The van der Waals surface area contributed by atoms with Crippen LogP contribution in [0.2, 0.25) is 0 Å². The van der Waals surface area contributed by atoms with Crippen LogP contribution in [0.3, 0.4) is 0 Å². The van der Waals surface area contributed by atoms with Gasteiger partial charge < -0.3 is 5.73 Å². The molecular weight excluding hydrogens is 246 g/mol. The first-order valence-electron chi connectivity index (χ1n) is 7.04. The van der Waals surface area contributed by atoms with Gasteiger partial charge in [-0.05, 0) is 44.4 Å². The molecule has 2 N–H and O–H groups in total. The van der Waals surface area contributed by atoms with Crippen LogP contribution >= 0.6 is 0 Å². The Bertz CT molecular complexity index is 394. The maximum Gasteiger partial charge on any atom is 0.130 e. The second kappa shape index (κ2) is 6.44. The molecule has 1 saturated carbocycles. The molecule has 0 saturated heterocycles. The summed E-state index contributed by atoms with van der Waals surface area (Å²) in [5, 5.41) is 0. The standard InChI is InChI=1S/C15H22F2N2/c1-2-19(12-8-6-11(18)7-9-12)10-13-14(16)4-3-5-15(13)17/h3-5,11-12H,2,6-10,18H2,1H3. The Morgan fingerprint density at radius 3 is 2.26 bits per heavy atom. The van der Waals surface area contributed by atoms with Gasteiger partial charge in [0.1, 0.15) is 11.6 Å². The molecule has 0 radical (unpaired) electrons. The number of rotatable bonds is 4. The zero-order chi connectivity index (χ0) is 13.8. The number of hydrogen-bond acceptors (Lipinski definition) is 2. The number of benzene rings is 1. The van der Waals surface area contributed by atoms with Crippen molar-refractivity contribution in [3.8, 4) is 0 Å². The van der Waals surface area contributed by atoms with Crippen LogP contribution in [-0.4, -0.2) is 23.5 Å². The summed E-state index contributed by atoms with van der Waals surface area (Å²) < 4.78 is 27.4. The lowest BCUT2D eigenvalue weighted by Crippen LogP contribution is -2.40. The van der Waals surface area contributed by atoms with Crippen LogP contribution in [0, 0.1) is 11.6 Å². The lowest BCUT2D eigenvalue weighted by atomic mass is 9.90. The molecule has 0 aromatic heterocycles. The normalized spacial score (nSPS) is 23.8. The molecule has 1 fully saturated rings. The molecule has 4 heteroatoms. The quantitative estimate of drug-likeness (QED) is 0.909. The third-order valence-electron chi connectivity index (χ3n) is 4.09. The van der Waals surface area contributed by atoms with Gasteiger partial charge in [-0.1, -0.05) is 13.0 Å². The topological polar surface area (TPSA) is 29.3 Å². The van der Waals surface area contributed by atoms with Crippen molar-refractivity contribution in [2.75, 3.05) is 6.54 Å². The van der Waals surface area contributed by atoms with Crippen LogP contribution in [0.25, 0.3) is 0 Å². The van der Waals surface area contributed by atoms with Crippen molar-refractivity contribution in [2.24, 2.45) is 5.73 Å². The Balaban J connectivity index is 2.06. The van der Waals surface area contributed by atoms with E-state index in [1.807, 2.05) is 6.92 Å². The van der Waals surface area contributed by atoms with Crippen LogP contribution in [0.1, 0.15) is 38.2 Å². The second-order valence-corrected chi connectivity index (χ2v) is 5.33. The van der Waals surface area contributed by atoms with E-state index in [2.05, 4.69) is 4.90 Å². The van der Waals surface area contributed by atoms with Crippen molar-refractivity contribution in [1.82, 2.24) is 4.90 Å². The molecule has 0 atom stereocenters. The van der Waals surface area contributed by atoms with Crippen LogP contribution in [-0.2, 0) is 6.54 Å². The average Bonchev–Trinajstić information content (AvgIpc) is 2.40. The van der Waals surface area contributed by atoms with E-state index in [0.717, 1.165) is 32.2 Å². The monoisotopic (exact) mass is 268 g/mol. The third-order valence-corrected chi connectivity index (χ3v) is 4.09. The molecule has 0 bridgehead atoms. The number of nitrogens with two attached hydrogens (primary N) is 1. The molecule has 1 aliphatic rings. The van der Waals surface area contributed by atoms with Crippen molar-refractivity contribution >= 4 is 0 Å². The van der Waals surface area contributed by atoms with Crippen LogP contribution in [0.15, 0.2) is 18.2 Å². The Hall–Kier alpha value is -1.00. The molecule has 2 nitrogen and oxygen atoms in total. The highest BCUT2D eigenvalue weighted by atomic mass is 19.1. The largest absolute Gasteiger partial charge is 0.328 e. The summed E-state index contributed by atoms with van der Waals surface area (Å²) in [5.41, 5.74) is 6.08. The predicted octanol–water partition coefficient (Wildman–Crippen LogP) is 3.06. The van der Waals surface area contributed by atoms with Crippen molar-refractivity contribution < 1.29 is 8.78 Å². The highest BCUT2D eigenvalue weighted by Gasteiger charge is 2.24. The first-order chi connectivity index (χ1) is 9.11. The van der Waals surface area contributed by atoms with Gasteiger partial charge in [-0.25, -0.2) is 8.78 Å². The fourth-order valence-electron chi connectivity index (χ4n) is 2.85. The zero-order valence-electron chi connectivity index (χ0n) is 11.4. The van der Waals surface area contributed by atoms with Gasteiger partial charge in [-0.3, -0.25) is 4.90 Å². The molecule has 1 aliphatic carbocycles.